The van der Waals surface area contributed by atoms with Gasteiger partial charge < -0.3 is 14.2 Å². The number of Topliss-reactive ketones (excluding diaryl/α,β-unsaturated/α-hetero) is 1. The zero-order valence-corrected chi connectivity index (χ0v) is 15.4. The van der Waals surface area contributed by atoms with Crippen molar-refractivity contribution in [1.82, 2.24) is 0 Å². The molecule has 1 heterocycles. The molecule has 0 N–H and O–H groups in total. The molecular weight excluding hydrogens is 304 g/mol. The molecule has 0 saturated carbocycles. The molecule has 4 nitrogen and oxygen atoms in total. The first-order valence-electron chi connectivity index (χ1n) is 8.82. The summed E-state index contributed by atoms with van der Waals surface area (Å²) in [4.78, 5) is 11.8. The second-order valence-corrected chi connectivity index (χ2v) is 7.44. The number of carbonyl (C=O) groups excluding carboxylic acids is 1. The van der Waals surface area contributed by atoms with E-state index >= 15 is 0 Å². The third-order valence-corrected chi connectivity index (χ3v) is 4.20. The Morgan fingerprint density at radius 1 is 1.21 bits per heavy atom. The fourth-order valence-corrected chi connectivity index (χ4v) is 2.68. The highest BCUT2D eigenvalue weighted by atomic mass is 16.7. The van der Waals surface area contributed by atoms with Gasteiger partial charge in [0, 0.05) is 12.2 Å². The highest BCUT2D eigenvalue weighted by Gasteiger charge is 2.17. The summed E-state index contributed by atoms with van der Waals surface area (Å²) in [5.41, 5.74) is 2.93. The largest absolute Gasteiger partial charge is 0.374 e. The molecule has 1 saturated heterocycles. The number of ketones is 1. The Bertz CT molecular complexity index is 539. The van der Waals surface area contributed by atoms with E-state index in [1.165, 1.54) is 6.42 Å². The molecule has 1 unspecified atom stereocenters. The second kappa shape index (κ2) is 8.75. The molecule has 1 atom stereocenters. The molecule has 1 fully saturated rings. The van der Waals surface area contributed by atoms with Gasteiger partial charge in [-0.2, -0.15) is 0 Å². The first kappa shape index (κ1) is 19.1. The van der Waals surface area contributed by atoms with Crippen LogP contribution < -0.4 is 0 Å². The van der Waals surface area contributed by atoms with Gasteiger partial charge >= 0.3 is 0 Å². The summed E-state index contributed by atoms with van der Waals surface area (Å²) in [5.74, 6) is 0.0835. The molecule has 0 radical (unpaired) electrons. The van der Waals surface area contributed by atoms with Crippen molar-refractivity contribution in [2.24, 2.45) is 0 Å². The molecule has 24 heavy (non-hydrogen) atoms. The molecule has 4 heteroatoms. The van der Waals surface area contributed by atoms with Gasteiger partial charge in [-0.3, -0.25) is 4.79 Å². The molecule has 0 aromatic heterocycles. The third kappa shape index (κ3) is 6.00. The molecule has 2 rings (SSSR count). The van der Waals surface area contributed by atoms with Crippen LogP contribution in [0.1, 0.15) is 68.4 Å². The van der Waals surface area contributed by atoms with E-state index < -0.39 is 0 Å². The van der Waals surface area contributed by atoms with Gasteiger partial charge in [-0.1, -0.05) is 26.8 Å². The van der Waals surface area contributed by atoms with Crippen LogP contribution in [0.3, 0.4) is 0 Å². The summed E-state index contributed by atoms with van der Waals surface area (Å²) in [5, 5.41) is 0. The quantitative estimate of drug-likeness (QED) is 0.552. The first-order valence-corrected chi connectivity index (χ1v) is 8.82. The maximum atomic E-state index is 11.8. The molecule has 1 aliphatic heterocycles. The Morgan fingerprint density at radius 3 is 2.62 bits per heavy atom. The maximum absolute atomic E-state index is 11.8. The van der Waals surface area contributed by atoms with Crippen molar-refractivity contribution in [1.29, 1.82) is 0 Å². The molecule has 1 aromatic carbocycles. The summed E-state index contributed by atoms with van der Waals surface area (Å²) < 4.78 is 16.9. The highest BCUT2D eigenvalue weighted by molar-refractivity contribution is 5.94. The highest BCUT2D eigenvalue weighted by Crippen LogP contribution is 2.25. The van der Waals surface area contributed by atoms with Crippen LogP contribution in [0.15, 0.2) is 18.2 Å². The van der Waals surface area contributed by atoms with Crippen molar-refractivity contribution in [3.63, 3.8) is 0 Å². The molecule has 1 aromatic rings. The number of rotatable bonds is 7. The van der Waals surface area contributed by atoms with Crippen LogP contribution >= 0.6 is 0 Å². The number of carbonyl (C=O) groups is 1. The molecule has 1 aliphatic rings. The van der Waals surface area contributed by atoms with Crippen LogP contribution in [0.5, 0.6) is 0 Å². The van der Waals surface area contributed by atoms with E-state index in [1.807, 2.05) is 12.1 Å². The predicted molar refractivity (Wildman–Crippen MR) is 94.3 cm³/mol. The van der Waals surface area contributed by atoms with Crippen LogP contribution in [-0.4, -0.2) is 31.9 Å². The summed E-state index contributed by atoms with van der Waals surface area (Å²) in [6.45, 7) is 10.4. The standard InChI is InChI=1S/C20H30O4/c1-15(21)17-11-16(12-18(13-17)20(2,3)4)14-22-9-10-24-19-7-5-6-8-23-19/h11-13,19H,5-10,14H2,1-4H3. The van der Waals surface area contributed by atoms with Crippen LogP contribution in [0.25, 0.3) is 0 Å². The first-order chi connectivity index (χ1) is 11.4. The van der Waals surface area contributed by atoms with Crippen LogP contribution in [0.4, 0.5) is 0 Å². The molecule has 0 bridgehead atoms. The third-order valence-electron chi connectivity index (χ3n) is 4.20. The Balaban J connectivity index is 1.84. The van der Waals surface area contributed by atoms with Crippen LogP contribution in [-0.2, 0) is 26.2 Å². The number of ether oxygens (including phenoxy) is 3. The number of hydrogen-bond donors (Lipinski definition) is 0. The summed E-state index contributed by atoms with van der Waals surface area (Å²) >= 11 is 0. The number of hydrogen-bond acceptors (Lipinski definition) is 4. The topological polar surface area (TPSA) is 44.8 Å². The van der Waals surface area contributed by atoms with E-state index in [9.17, 15) is 4.79 Å². The zero-order valence-electron chi connectivity index (χ0n) is 15.4. The summed E-state index contributed by atoms with van der Waals surface area (Å²) in [6.07, 6.45) is 3.18. The van der Waals surface area contributed by atoms with Crippen molar-refractivity contribution in [2.45, 2.75) is 65.3 Å². The van der Waals surface area contributed by atoms with Gasteiger partial charge in [-0.05, 0) is 54.9 Å². The Hall–Kier alpha value is -1.23. The van der Waals surface area contributed by atoms with E-state index in [0.29, 0.717) is 19.8 Å². The number of benzene rings is 1. The second-order valence-electron chi connectivity index (χ2n) is 7.44. The molecule has 0 amide bonds. The zero-order chi connectivity index (χ0) is 17.6. The summed E-state index contributed by atoms with van der Waals surface area (Å²) in [6, 6.07) is 6.02. The SMILES string of the molecule is CC(=O)c1cc(COCCOC2CCCCO2)cc(C(C)(C)C)c1. The molecule has 134 valence electrons. The van der Waals surface area contributed by atoms with Crippen LogP contribution in [0.2, 0.25) is 0 Å². The van der Waals surface area contributed by atoms with E-state index in [4.69, 9.17) is 14.2 Å². The Kier molecular flexibility index (Phi) is 6.96. The van der Waals surface area contributed by atoms with E-state index in [1.54, 1.807) is 6.92 Å². The predicted octanol–water partition coefficient (Wildman–Crippen LogP) is 4.25. The maximum Gasteiger partial charge on any atom is 0.159 e. The lowest BCUT2D eigenvalue weighted by atomic mass is 9.84. The van der Waals surface area contributed by atoms with E-state index in [2.05, 4.69) is 26.8 Å². The molecular formula is C20H30O4. The minimum atomic E-state index is -0.0733. The molecule has 0 aliphatic carbocycles. The smallest absolute Gasteiger partial charge is 0.159 e. The van der Waals surface area contributed by atoms with Gasteiger partial charge in [0.25, 0.3) is 0 Å². The lowest BCUT2D eigenvalue weighted by Gasteiger charge is -2.22. The monoisotopic (exact) mass is 334 g/mol. The van der Waals surface area contributed by atoms with Crippen molar-refractivity contribution in [3.8, 4) is 0 Å². The Morgan fingerprint density at radius 2 is 2.00 bits per heavy atom. The van der Waals surface area contributed by atoms with Gasteiger partial charge in [0.05, 0.1) is 19.8 Å². The average Bonchev–Trinajstić information content (AvgIpc) is 2.54. The van der Waals surface area contributed by atoms with E-state index in [-0.39, 0.29) is 17.5 Å². The van der Waals surface area contributed by atoms with Crippen molar-refractivity contribution >= 4 is 5.78 Å². The minimum absolute atomic E-state index is 0.00163. The average molecular weight is 334 g/mol. The minimum Gasteiger partial charge on any atom is -0.374 e. The van der Waals surface area contributed by atoms with Crippen LogP contribution in [0, 0.1) is 0 Å². The van der Waals surface area contributed by atoms with Crippen molar-refractivity contribution < 1.29 is 19.0 Å². The fourth-order valence-electron chi connectivity index (χ4n) is 2.68. The fraction of sp³-hybridized carbons (Fsp3) is 0.650. The normalized spacial score (nSPS) is 18.6. The van der Waals surface area contributed by atoms with Gasteiger partial charge in [0.1, 0.15) is 0 Å². The summed E-state index contributed by atoms with van der Waals surface area (Å²) in [7, 11) is 0. The molecule has 0 spiro atoms. The van der Waals surface area contributed by atoms with E-state index in [0.717, 1.165) is 36.1 Å². The lowest BCUT2D eigenvalue weighted by Crippen LogP contribution is -2.23. The van der Waals surface area contributed by atoms with Gasteiger partial charge in [0.2, 0.25) is 0 Å². The Labute approximate surface area is 145 Å². The lowest BCUT2D eigenvalue weighted by molar-refractivity contribution is -0.169. The van der Waals surface area contributed by atoms with Crippen molar-refractivity contribution in [2.75, 3.05) is 19.8 Å². The van der Waals surface area contributed by atoms with Gasteiger partial charge in [-0.15, -0.1) is 0 Å². The van der Waals surface area contributed by atoms with Gasteiger partial charge in [0.15, 0.2) is 12.1 Å². The van der Waals surface area contributed by atoms with Gasteiger partial charge in [-0.25, -0.2) is 0 Å². The van der Waals surface area contributed by atoms with Crippen molar-refractivity contribution in [3.05, 3.63) is 34.9 Å².